The number of benzene rings is 2. The number of nitrogens with zero attached hydrogens (tertiary/aromatic N) is 1. The Labute approximate surface area is 162 Å². The van der Waals surface area contributed by atoms with Gasteiger partial charge in [-0.3, -0.25) is 10.1 Å². The average molecular weight is 433 g/mol. The number of nitrogens with one attached hydrogen (secondary N) is 1. The van der Waals surface area contributed by atoms with Gasteiger partial charge in [0.05, 0.1) is 15.4 Å². The van der Waals surface area contributed by atoms with Crippen LogP contribution in [0, 0.1) is 15.9 Å². The molecule has 0 atom stereocenters. The summed E-state index contributed by atoms with van der Waals surface area (Å²) in [7, 11) is -4.15. The van der Waals surface area contributed by atoms with E-state index in [1.807, 2.05) is 0 Å². The van der Waals surface area contributed by atoms with Crippen molar-refractivity contribution in [3.8, 4) is 0 Å². The van der Waals surface area contributed by atoms with Crippen LogP contribution in [0.4, 0.5) is 28.9 Å². The lowest BCUT2D eigenvalue weighted by Gasteiger charge is -2.19. The van der Waals surface area contributed by atoms with Crippen LogP contribution in [0.3, 0.4) is 0 Å². The van der Waals surface area contributed by atoms with Crippen LogP contribution in [-0.4, -0.2) is 19.9 Å². The van der Waals surface area contributed by atoms with Gasteiger partial charge in [-0.15, -0.1) is 0 Å². The summed E-state index contributed by atoms with van der Waals surface area (Å²) in [5.41, 5.74) is -2.36. The van der Waals surface area contributed by atoms with Crippen molar-refractivity contribution in [2.24, 2.45) is 5.14 Å². The number of nitrogens with two attached hydrogens (primary N) is 1. The van der Waals surface area contributed by atoms with Gasteiger partial charge >= 0.3 is 6.18 Å². The number of hydrogen-bond acceptors (Lipinski definition) is 5. The number of rotatable bonds is 6. The van der Waals surface area contributed by atoms with E-state index in [1.54, 1.807) is 0 Å². The van der Waals surface area contributed by atoms with Crippen LogP contribution >= 0.6 is 0 Å². The van der Waals surface area contributed by atoms with E-state index >= 15 is 0 Å². The molecule has 0 aliphatic heterocycles. The highest BCUT2D eigenvalue weighted by atomic mass is 32.2. The molecule has 156 valence electrons. The van der Waals surface area contributed by atoms with Gasteiger partial charge in [-0.05, 0) is 48.7 Å². The minimum atomic E-state index is -4.71. The smallest absolute Gasteiger partial charge is 0.379 e. The summed E-state index contributed by atoms with van der Waals surface area (Å²) in [4.78, 5) is 10.0. The molecule has 1 aliphatic rings. The molecule has 0 amide bonds. The maximum Gasteiger partial charge on any atom is 0.416 e. The molecule has 1 fully saturated rings. The fourth-order valence-electron chi connectivity index (χ4n) is 3.03. The summed E-state index contributed by atoms with van der Waals surface area (Å²) >= 11 is 0. The molecule has 2 aromatic carbocycles. The zero-order valence-electron chi connectivity index (χ0n) is 14.7. The van der Waals surface area contributed by atoms with E-state index in [1.165, 1.54) is 0 Å². The molecule has 1 saturated carbocycles. The highest BCUT2D eigenvalue weighted by Crippen LogP contribution is 2.49. The van der Waals surface area contributed by atoms with Crippen molar-refractivity contribution in [3.05, 3.63) is 63.5 Å². The van der Waals surface area contributed by atoms with Crippen molar-refractivity contribution in [3.63, 3.8) is 0 Å². The summed E-state index contributed by atoms with van der Waals surface area (Å²) in [6.07, 6.45) is -3.78. The lowest BCUT2D eigenvalue weighted by molar-refractivity contribution is -0.384. The maximum atomic E-state index is 13.7. The van der Waals surface area contributed by atoms with E-state index in [2.05, 4.69) is 5.32 Å². The number of nitro benzene ring substituents is 1. The third kappa shape index (κ3) is 4.48. The molecule has 0 heterocycles. The zero-order valence-corrected chi connectivity index (χ0v) is 15.5. The Morgan fingerprint density at radius 2 is 1.83 bits per heavy atom. The van der Waals surface area contributed by atoms with Gasteiger partial charge in [-0.25, -0.2) is 17.9 Å². The van der Waals surface area contributed by atoms with Crippen LogP contribution in [0.15, 0.2) is 41.3 Å². The number of hydrogen-bond donors (Lipinski definition) is 2. The molecular weight excluding hydrogens is 418 g/mol. The number of sulfonamides is 1. The van der Waals surface area contributed by atoms with E-state index in [0.29, 0.717) is 18.9 Å². The Morgan fingerprint density at radius 1 is 1.17 bits per heavy atom. The first kappa shape index (κ1) is 21.0. The number of halogens is 4. The van der Waals surface area contributed by atoms with Gasteiger partial charge < -0.3 is 5.32 Å². The molecule has 0 spiro atoms. The number of alkyl halides is 3. The predicted molar refractivity (Wildman–Crippen MR) is 95.3 cm³/mol. The standard InChI is InChI=1S/C17H15F4N3O4S/c18-12-6-10(5-11(7-12)17(19,20)21)16(3-4-16)9-23-14-2-1-13(29(22,27)28)8-15(14)24(25)26/h1-2,5-8,23H,3-4,9H2,(H2,22,27,28). The minimum Gasteiger partial charge on any atom is -0.379 e. The summed E-state index contributed by atoms with van der Waals surface area (Å²) in [5, 5.41) is 19.0. The van der Waals surface area contributed by atoms with Crippen molar-refractivity contribution in [1.29, 1.82) is 0 Å². The molecular formula is C17H15F4N3O4S. The van der Waals surface area contributed by atoms with Gasteiger partial charge in [-0.2, -0.15) is 13.2 Å². The maximum absolute atomic E-state index is 13.7. The monoisotopic (exact) mass is 433 g/mol. The van der Waals surface area contributed by atoms with Crippen molar-refractivity contribution >= 4 is 21.4 Å². The fourth-order valence-corrected chi connectivity index (χ4v) is 3.56. The third-order valence-corrected chi connectivity index (χ3v) is 5.71. The molecule has 12 heteroatoms. The van der Waals surface area contributed by atoms with E-state index < -0.39 is 48.5 Å². The molecule has 0 bridgehead atoms. The normalized spacial score (nSPS) is 15.8. The largest absolute Gasteiger partial charge is 0.416 e. The Kier molecular flexibility index (Phi) is 5.03. The fraction of sp³-hybridized carbons (Fsp3) is 0.294. The summed E-state index contributed by atoms with van der Waals surface area (Å²) in [5.74, 6) is -1.02. The van der Waals surface area contributed by atoms with E-state index in [4.69, 9.17) is 5.14 Å². The number of anilines is 1. The Balaban J connectivity index is 1.89. The predicted octanol–water partition coefficient (Wildman–Crippen LogP) is 3.54. The highest BCUT2D eigenvalue weighted by molar-refractivity contribution is 7.89. The topological polar surface area (TPSA) is 115 Å². The molecule has 3 N–H and O–H groups in total. The first-order valence-corrected chi connectivity index (χ1v) is 9.80. The number of primary sulfonamides is 1. The van der Waals surface area contributed by atoms with Gasteiger partial charge in [0.2, 0.25) is 10.0 Å². The average Bonchev–Trinajstić information content (AvgIpc) is 3.39. The first-order chi connectivity index (χ1) is 13.3. The highest BCUT2D eigenvalue weighted by Gasteiger charge is 2.46. The van der Waals surface area contributed by atoms with Crippen LogP contribution in [0.1, 0.15) is 24.0 Å². The Morgan fingerprint density at radius 3 is 2.34 bits per heavy atom. The lowest BCUT2D eigenvalue weighted by Crippen LogP contribution is -2.21. The van der Waals surface area contributed by atoms with Crippen molar-refractivity contribution in [2.45, 2.75) is 29.3 Å². The molecule has 0 unspecified atom stereocenters. The molecule has 29 heavy (non-hydrogen) atoms. The zero-order chi connectivity index (χ0) is 21.6. The van der Waals surface area contributed by atoms with Gasteiger partial charge in [-0.1, -0.05) is 0 Å². The van der Waals surface area contributed by atoms with E-state index in [9.17, 15) is 36.1 Å². The van der Waals surface area contributed by atoms with Gasteiger partial charge in [0.25, 0.3) is 5.69 Å². The Bertz CT molecular complexity index is 1080. The Hall–Kier alpha value is -2.73. The summed E-state index contributed by atoms with van der Waals surface area (Å²) in [6.45, 7) is 0.00329. The molecule has 0 aromatic heterocycles. The van der Waals surface area contributed by atoms with Crippen molar-refractivity contribution in [1.82, 2.24) is 0 Å². The van der Waals surface area contributed by atoms with E-state index in [-0.39, 0.29) is 17.8 Å². The van der Waals surface area contributed by atoms with Gasteiger partial charge in [0, 0.05) is 18.0 Å². The second-order valence-electron chi connectivity index (χ2n) is 6.84. The third-order valence-electron chi connectivity index (χ3n) is 4.80. The second kappa shape index (κ2) is 6.95. The van der Waals surface area contributed by atoms with Crippen LogP contribution < -0.4 is 10.5 Å². The lowest BCUT2D eigenvalue weighted by atomic mass is 9.93. The van der Waals surface area contributed by atoms with Crippen molar-refractivity contribution in [2.75, 3.05) is 11.9 Å². The van der Waals surface area contributed by atoms with Crippen molar-refractivity contribution < 1.29 is 30.9 Å². The van der Waals surface area contributed by atoms with Gasteiger partial charge in [0.1, 0.15) is 11.5 Å². The molecule has 2 aromatic rings. The SMILES string of the molecule is NS(=O)(=O)c1ccc(NCC2(c3cc(F)cc(C(F)(F)F)c3)CC2)c([N+](=O)[O-])c1. The molecule has 0 saturated heterocycles. The van der Waals surface area contributed by atoms with E-state index in [0.717, 1.165) is 30.3 Å². The van der Waals surface area contributed by atoms with Crippen LogP contribution in [0.5, 0.6) is 0 Å². The molecule has 3 rings (SSSR count). The van der Waals surface area contributed by atoms with Gasteiger partial charge in [0.15, 0.2) is 0 Å². The quantitative estimate of drug-likeness (QED) is 0.411. The first-order valence-electron chi connectivity index (χ1n) is 8.25. The second-order valence-corrected chi connectivity index (χ2v) is 8.40. The van der Waals surface area contributed by atoms with Crippen LogP contribution in [0.25, 0.3) is 0 Å². The summed E-state index contributed by atoms with van der Waals surface area (Å²) < 4.78 is 75.4. The molecule has 7 nitrogen and oxygen atoms in total. The molecule has 0 radical (unpaired) electrons. The summed E-state index contributed by atoms with van der Waals surface area (Å²) in [6, 6.07) is 5.32. The molecule has 1 aliphatic carbocycles. The number of nitro groups is 1. The van der Waals surface area contributed by atoms with Crippen LogP contribution in [-0.2, 0) is 21.6 Å². The van der Waals surface area contributed by atoms with Crippen LogP contribution in [0.2, 0.25) is 0 Å². The minimum absolute atomic E-state index is 0.00329.